The van der Waals surface area contributed by atoms with Gasteiger partial charge in [0.25, 0.3) is 0 Å². The molecule has 0 atom stereocenters. The van der Waals surface area contributed by atoms with Crippen molar-refractivity contribution >= 4 is 23.1 Å². The second kappa shape index (κ2) is 4.34. The zero-order valence-electron chi connectivity index (χ0n) is 10.8. The van der Waals surface area contributed by atoms with Gasteiger partial charge >= 0.3 is 0 Å². The largest absolute Gasteiger partial charge is 0.366 e. The van der Waals surface area contributed by atoms with E-state index in [1.807, 2.05) is 35.2 Å². The zero-order chi connectivity index (χ0) is 14.2. The summed E-state index contributed by atoms with van der Waals surface area (Å²) in [6.45, 7) is 0. The Morgan fingerprint density at radius 3 is 3.10 bits per heavy atom. The van der Waals surface area contributed by atoms with Crippen molar-refractivity contribution in [2.45, 2.75) is 0 Å². The molecule has 4 rings (SSSR count). The maximum Gasteiger partial charge on any atom is 0.240 e. The molecule has 21 heavy (non-hydrogen) atoms. The Hall–Kier alpha value is -3.36. The molecule has 0 spiro atoms. The van der Waals surface area contributed by atoms with E-state index >= 15 is 0 Å². The van der Waals surface area contributed by atoms with Gasteiger partial charge < -0.3 is 11.1 Å². The SMILES string of the molecule is Nc1nc(Nc2cn(-c3ccn[nH]3)cn2)c2cccn2n1. The smallest absolute Gasteiger partial charge is 0.240 e. The van der Waals surface area contributed by atoms with E-state index in [2.05, 4.69) is 30.6 Å². The van der Waals surface area contributed by atoms with Crippen LogP contribution in [0.4, 0.5) is 17.6 Å². The number of hydrogen-bond acceptors (Lipinski definition) is 6. The fourth-order valence-corrected chi connectivity index (χ4v) is 2.08. The fourth-order valence-electron chi connectivity index (χ4n) is 2.08. The van der Waals surface area contributed by atoms with Gasteiger partial charge in [0.1, 0.15) is 23.5 Å². The summed E-state index contributed by atoms with van der Waals surface area (Å²) in [7, 11) is 0. The van der Waals surface area contributed by atoms with Crippen molar-refractivity contribution in [1.82, 2.24) is 34.3 Å². The zero-order valence-corrected chi connectivity index (χ0v) is 10.8. The van der Waals surface area contributed by atoms with Crippen LogP contribution in [0.15, 0.2) is 43.1 Å². The Kier molecular flexibility index (Phi) is 2.37. The van der Waals surface area contributed by atoms with Gasteiger partial charge in [0.05, 0.1) is 12.4 Å². The molecule has 4 heterocycles. The molecule has 0 fully saturated rings. The highest BCUT2D eigenvalue weighted by Gasteiger charge is 2.08. The van der Waals surface area contributed by atoms with E-state index in [-0.39, 0.29) is 5.95 Å². The summed E-state index contributed by atoms with van der Waals surface area (Å²) in [5.74, 6) is 2.26. The molecule has 0 aliphatic carbocycles. The van der Waals surface area contributed by atoms with Gasteiger partial charge in [-0.1, -0.05) is 0 Å². The van der Waals surface area contributed by atoms with Crippen LogP contribution in [0, 0.1) is 0 Å². The second-order valence-electron chi connectivity index (χ2n) is 4.39. The fraction of sp³-hybridized carbons (Fsp3) is 0. The predicted molar refractivity (Wildman–Crippen MR) is 76.4 cm³/mol. The molecule has 0 saturated carbocycles. The quantitative estimate of drug-likeness (QED) is 0.515. The first-order valence-corrected chi connectivity index (χ1v) is 6.21. The van der Waals surface area contributed by atoms with Crippen molar-refractivity contribution in [3.05, 3.63) is 43.1 Å². The maximum absolute atomic E-state index is 5.70. The molecule has 4 aromatic rings. The highest BCUT2D eigenvalue weighted by atomic mass is 15.3. The van der Waals surface area contributed by atoms with Gasteiger partial charge in [-0.25, -0.2) is 9.50 Å². The molecule has 9 heteroatoms. The van der Waals surface area contributed by atoms with Crippen molar-refractivity contribution in [3.8, 4) is 5.82 Å². The number of nitrogens with zero attached hydrogens (tertiary/aromatic N) is 6. The van der Waals surface area contributed by atoms with E-state index in [0.717, 1.165) is 11.3 Å². The van der Waals surface area contributed by atoms with Crippen LogP contribution in [0.2, 0.25) is 0 Å². The number of hydrogen-bond donors (Lipinski definition) is 3. The lowest BCUT2D eigenvalue weighted by molar-refractivity contribution is 0.920. The molecular formula is C12H11N9. The molecule has 9 nitrogen and oxygen atoms in total. The molecule has 0 amide bonds. The molecule has 104 valence electrons. The number of nitrogen functional groups attached to an aromatic ring is 1. The Morgan fingerprint density at radius 1 is 1.29 bits per heavy atom. The van der Waals surface area contributed by atoms with Crippen LogP contribution in [0.1, 0.15) is 0 Å². The van der Waals surface area contributed by atoms with Crippen LogP contribution in [0.3, 0.4) is 0 Å². The molecule has 0 unspecified atom stereocenters. The lowest BCUT2D eigenvalue weighted by Crippen LogP contribution is -2.05. The van der Waals surface area contributed by atoms with Gasteiger partial charge in [-0.3, -0.25) is 9.67 Å². The molecule has 4 aromatic heterocycles. The topological polar surface area (TPSA) is 115 Å². The summed E-state index contributed by atoms with van der Waals surface area (Å²) in [5.41, 5.74) is 6.52. The summed E-state index contributed by atoms with van der Waals surface area (Å²) in [6, 6.07) is 5.62. The first-order valence-electron chi connectivity index (χ1n) is 6.21. The number of aromatic amines is 1. The van der Waals surface area contributed by atoms with Gasteiger partial charge in [0, 0.05) is 12.3 Å². The number of anilines is 3. The molecular weight excluding hydrogens is 270 g/mol. The highest BCUT2D eigenvalue weighted by Crippen LogP contribution is 2.19. The van der Waals surface area contributed by atoms with Crippen LogP contribution < -0.4 is 11.1 Å². The number of fused-ring (bicyclic) bond motifs is 1. The number of H-pyrrole nitrogens is 1. The lowest BCUT2D eigenvalue weighted by atomic mass is 10.5. The van der Waals surface area contributed by atoms with E-state index in [0.29, 0.717) is 11.6 Å². The highest BCUT2D eigenvalue weighted by molar-refractivity contribution is 5.72. The number of rotatable bonds is 3. The third-order valence-electron chi connectivity index (χ3n) is 3.00. The molecule has 0 radical (unpaired) electrons. The number of nitrogens with one attached hydrogen (secondary N) is 2. The number of nitrogens with two attached hydrogens (primary N) is 1. The van der Waals surface area contributed by atoms with Crippen LogP contribution in [0.25, 0.3) is 11.3 Å². The lowest BCUT2D eigenvalue weighted by Gasteiger charge is -2.05. The van der Waals surface area contributed by atoms with E-state index in [9.17, 15) is 0 Å². The Labute approximate surface area is 118 Å². The van der Waals surface area contributed by atoms with E-state index in [1.165, 1.54) is 0 Å². The molecule has 0 aliphatic rings. The summed E-state index contributed by atoms with van der Waals surface area (Å²) in [4.78, 5) is 8.49. The molecule has 0 bridgehead atoms. The molecule has 0 aromatic carbocycles. The van der Waals surface area contributed by atoms with Gasteiger partial charge in [-0.05, 0) is 12.1 Å². The van der Waals surface area contributed by atoms with Crippen LogP contribution in [-0.2, 0) is 0 Å². The monoisotopic (exact) mass is 281 g/mol. The minimum Gasteiger partial charge on any atom is -0.366 e. The van der Waals surface area contributed by atoms with Gasteiger partial charge in [0.2, 0.25) is 5.95 Å². The van der Waals surface area contributed by atoms with Crippen LogP contribution >= 0.6 is 0 Å². The Morgan fingerprint density at radius 2 is 2.24 bits per heavy atom. The standard InChI is InChI=1S/C12H11N9/c13-12-17-11(8-2-1-5-21(8)19-12)16-9-6-20(7-14-9)10-3-4-15-18-10/h1-7H,(H,15,18)(H3,13,16,17,19). The van der Waals surface area contributed by atoms with Gasteiger partial charge in [0.15, 0.2) is 5.82 Å². The van der Waals surface area contributed by atoms with Crippen molar-refractivity contribution in [1.29, 1.82) is 0 Å². The summed E-state index contributed by atoms with van der Waals surface area (Å²) in [6.07, 6.45) is 6.99. The summed E-state index contributed by atoms with van der Waals surface area (Å²) >= 11 is 0. The number of aromatic nitrogens is 7. The normalized spacial score (nSPS) is 11.0. The van der Waals surface area contributed by atoms with Crippen molar-refractivity contribution < 1.29 is 0 Å². The first kappa shape index (κ1) is 11.5. The third-order valence-corrected chi connectivity index (χ3v) is 3.00. The van der Waals surface area contributed by atoms with Crippen molar-refractivity contribution in [3.63, 3.8) is 0 Å². The second-order valence-corrected chi connectivity index (χ2v) is 4.39. The van der Waals surface area contributed by atoms with Crippen LogP contribution in [0.5, 0.6) is 0 Å². The summed E-state index contributed by atoms with van der Waals surface area (Å²) < 4.78 is 3.48. The third kappa shape index (κ3) is 1.96. The van der Waals surface area contributed by atoms with Gasteiger partial charge in [-0.15, -0.1) is 5.10 Å². The molecule has 0 aliphatic heterocycles. The Bertz CT molecular complexity index is 887. The minimum absolute atomic E-state index is 0.189. The average molecular weight is 281 g/mol. The van der Waals surface area contributed by atoms with Crippen LogP contribution in [-0.4, -0.2) is 34.3 Å². The average Bonchev–Trinajstić information content (AvgIpc) is 3.19. The van der Waals surface area contributed by atoms with Crippen molar-refractivity contribution in [2.24, 2.45) is 0 Å². The van der Waals surface area contributed by atoms with E-state index in [4.69, 9.17) is 5.73 Å². The number of imidazole rings is 1. The van der Waals surface area contributed by atoms with E-state index < -0.39 is 0 Å². The van der Waals surface area contributed by atoms with Crippen molar-refractivity contribution in [2.75, 3.05) is 11.1 Å². The first-order chi connectivity index (χ1) is 10.3. The predicted octanol–water partition coefficient (Wildman–Crippen LogP) is 0.964. The Balaban J connectivity index is 1.70. The van der Waals surface area contributed by atoms with E-state index in [1.54, 1.807) is 17.0 Å². The molecule has 0 saturated heterocycles. The van der Waals surface area contributed by atoms with Gasteiger partial charge in [-0.2, -0.15) is 10.1 Å². The maximum atomic E-state index is 5.70. The minimum atomic E-state index is 0.189. The molecule has 4 N–H and O–H groups in total. The summed E-state index contributed by atoms with van der Waals surface area (Å²) in [5, 5.41) is 14.0.